The van der Waals surface area contributed by atoms with Crippen molar-refractivity contribution < 1.29 is 19.0 Å². The van der Waals surface area contributed by atoms with Gasteiger partial charge in [0.2, 0.25) is 5.91 Å². The molecule has 0 atom stereocenters. The van der Waals surface area contributed by atoms with E-state index in [-0.39, 0.29) is 12.5 Å². The van der Waals surface area contributed by atoms with Crippen LogP contribution in [0, 0.1) is 0 Å². The molecule has 2 bridgehead atoms. The van der Waals surface area contributed by atoms with Crippen LogP contribution in [0.5, 0.6) is 11.5 Å². The lowest BCUT2D eigenvalue weighted by molar-refractivity contribution is -0.117. The highest BCUT2D eigenvalue weighted by Crippen LogP contribution is 2.28. The summed E-state index contributed by atoms with van der Waals surface area (Å²) in [5.41, 5.74) is 6.13. The maximum atomic E-state index is 12.9. The van der Waals surface area contributed by atoms with Gasteiger partial charge >= 0.3 is 0 Å². The molecule has 3 aromatic carbocycles. The molecule has 1 aliphatic heterocycles. The first-order valence-electron chi connectivity index (χ1n) is 13.0. The second kappa shape index (κ2) is 13.0. The monoisotopic (exact) mass is 524 g/mol. The number of amides is 1. The maximum absolute atomic E-state index is 12.9. The van der Waals surface area contributed by atoms with Crippen molar-refractivity contribution in [3.63, 3.8) is 0 Å². The van der Waals surface area contributed by atoms with Gasteiger partial charge in [0.25, 0.3) is 0 Å². The first-order chi connectivity index (χ1) is 19.2. The second-order valence-electron chi connectivity index (χ2n) is 9.39. The number of anilines is 1. The lowest BCUT2D eigenvalue weighted by atomic mass is 9.98. The Kier molecular flexibility index (Phi) is 8.78. The molecule has 0 radical (unpaired) electrons. The number of benzene rings is 3. The van der Waals surface area contributed by atoms with Crippen LogP contribution in [0.3, 0.4) is 0 Å². The van der Waals surface area contributed by atoms with Crippen molar-refractivity contribution >= 4 is 11.6 Å². The van der Waals surface area contributed by atoms with E-state index >= 15 is 0 Å². The fraction of sp³-hybridized carbons (Fsp3) is 0.258. The molecule has 5 rings (SSSR count). The minimum atomic E-state index is -0.0767. The van der Waals surface area contributed by atoms with E-state index in [9.17, 15) is 4.79 Å². The van der Waals surface area contributed by atoms with Gasteiger partial charge in [0.05, 0.1) is 26.9 Å². The molecular formula is C31H32N4O4. The first-order valence-corrected chi connectivity index (χ1v) is 13.0. The molecule has 0 spiro atoms. The Morgan fingerprint density at radius 3 is 2.59 bits per heavy atom. The standard InChI is InChI=1S/C31H32N4O4/c1-37-29-8-6-28(7-9-29)34-31(36)21-35-11-12-38-13-14-39-30-10-5-25(27-18-32-22-33-19-27)17-26(30)16-23-3-2-4-24(15-23)20-35/h2-10,15,17-19,22H,11-14,16,20-21H2,1H3,(H,34,36). The molecule has 0 unspecified atom stereocenters. The third-order valence-electron chi connectivity index (χ3n) is 6.52. The Hall–Kier alpha value is -4.27. The molecule has 2 heterocycles. The van der Waals surface area contributed by atoms with Crippen molar-refractivity contribution in [3.8, 4) is 22.6 Å². The number of nitrogens with one attached hydrogen (secondary N) is 1. The Balaban J connectivity index is 1.33. The van der Waals surface area contributed by atoms with E-state index in [1.54, 1.807) is 7.11 Å². The van der Waals surface area contributed by atoms with Crippen LogP contribution in [0.1, 0.15) is 16.7 Å². The Labute approximate surface area is 228 Å². The van der Waals surface area contributed by atoms with Crippen LogP contribution in [0.2, 0.25) is 0 Å². The van der Waals surface area contributed by atoms with E-state index in [1.165, 1.54) is 11.9 Å². The van der Waals surface area contributed by atoms with Crippen LogP contribution in [0.4, 0.5) is 5.69 Å². The van der Waals surface area contributed by atoms with Crippen LogP contribution in [-0.4, -0.2) is 60.8 Å². The van der Waals surface area contributed by atoms with Gasteiger partial charge in [-0.2, -0.15) is 0 Å². The van der Waals surface area contributed by atoms with E-state index in [2.05, 4.69) is 50.5 Å². The highest BCUT2D eigenvalue weighted by Gasteiger charge is 2.14. The molecule has 39 heavy (non-hydrogen) atoms. The third kappa shape index (κ3) is 7.40. The predicted octanol–water partition coefficient (Wildman–Crippen LogP) is 4.59. The number of methoxy groups -OCH3 is 1. The minimum absolute atomic E-state index is 0.0767. The number of hydrogen-bond acceptors (Lipinski definition) is 7. The van der Waals surface area contributed by atoms with Gasteiger partial charge in [0.15, 0.2) is 0 Å². The normalized spacial score (nSPS) is 14.4. The average Bonchev–Trinajstić information content (AvgIpc) is 2.96. The number of nitrogens with zero attached hydrogens (tertiary/aromatic N) is 3. The summed E-state index contributed by atoms with van der Waals surface area (Å²) < 4.78 is 17.2. The van der Waals surface area contributed by atoms with Crippen molar-refractivity contribution in [1.29, 1.82) is 0 Å². The lowest BCUT2D eigenvalue weighted by Crippen LogP contribution is -2.35. The number of hydrogen-bond donors (Lipinski definition) is 1. The van der Waals surface area contributed by atoms with E-state index in [4.69, 9.17) is 14.2 Å². The van der Waals surface area contributed by atoms with Gasteiger partial charge in [-0.3, -0.25) is 9.69 Å². The first kappa shape index (κ1) is 26.3. The quantitative estimate of drug-likeness (QED) is 0.409. The Morgan fingerprint density at radius 2 is 1.77 bits per heavy atom. The summed E-state index contributed by atoms with van der Waals surface area (Å²) in [6.07, 6.45) is 5.87. The maximum Gasteiger partial charge on any atom is 0.238 e. The van der Waals surface area contributed by atoms with E-state index in [1.807, 2.05) is 48.8 Å². The topological polar surface area (TPSA) is 85.8 Å². The van der Waals surface area contributed by atoms with Crippen LogP contribution in [-0.2, 0) is 22.5 Å². The summed E-state index contributed by atoms with van der Waals surface area (Å²) in [4.78, 5) is 23.3. The van der Waals surface area contributed by atoms with Crippen molar-refractivity contribution in [2.45, 2.75) is 13.0 Å². The minimum Gasteiger partial charge on any atom is -0.497 e. The highest BCUT2D eigenvalue weighted by molar-refractivity contribution is 5.92. The van der Waals surface area contributed by atoms with E-state index in [0.717, 1.165) is 39.4 Å². The SMILES string of the molecule is COc1ccc(NC(=O)CN2CCOCCOc3ccc(-c4cncnc4)cc3Cc3cccc(c3)C2)cc1. The molecule has 0 fully saturated rings. The van der Waals surface area contributed by atoms with Gasteiger partial charge in [-0.05, 0) is 58.7 Å². The molecular weight excluding hydrogens is 492 g/mol. The largest absolute Gasteiger partial charge is 0.497 e. The average molecular weight is 525 g/mol. The highest BCUT2D eigenvalue weighted by atomic mass is 16.5. The van der Waals surface area contributed by atoms with Gasteiger partial charge in [0.1, 0.15) is 24.4 Å². The van der Waals surface area contributed by atoms with Crippen molar-refractivity contribution in [3.05, 3.63) is 102 Å². The summed E-state index contributed by atoms with van der Waals surface area (Å²) in [5, 5.41) is 2.98. The summed E-state index contributed by atoms with van der Waals surface area (Å²) in [6, 6.07) is 22.0. The molecule has 8 heteroatoms. The zero-order valence-electron chi connectivity index (χ0n) is 22.0. The molecule has 0 aliphatic carbocycles. The lowest BCUT2D eigenvalue weighted by Gasteiger charge is -2.23. The van der Waals surface area contributed by atoms with Gasteiger partial charge in [-0.1, -0.05) is 30.3 Å². The molecule has 1 amide bonds. The predicted molar refractivity (Wildman–Crippen MR) is 150 cm³/mol. The van der Waals surface area contributed by atoms with Crippen molar-refractivity contribution in [1.82, 2.24) is 14.9 Å². The van der Waals surface area contributed by atoms with Crippen LogP contribution >= 0.6 is 0 Å². The van der Waals surface area contributed by atoms with Crippen LogP contribution < -0.4 is 14.8 Å². The fourth-order valence-corrected chi connectivity index (χ4v) is 4.60. The number of fused-ring (bicyclic) bond motifs is 3. The van der Waals surface area contributed by atoms with Gasteiger partial charge in [0, 0.05) is 43.2 Å². The molecule has 1 N–H and O–H groups in total. The zero-order valence-corrected chi connectivity index (χ0v) is 22.0. The second-order valence-corrected chi connectivity index (χ2v) is 9.39. The number of ether oxygens (including phenoxy) is 3. The molecule has 8 nitrogen and oxygen atoms in total. The Morgan fingerprint density at radius 1 is 0.949 bits per heavy atom. The number of rotatable bonds is 5. The molecule has 1 aliphatic rings. The van der Waals surface area contributed by atoms with Gasteiger partial charge < -0.3 is 19.5 Å². The van der Waals surface area contributed by atoms with Crippen LogP contribution in [0.25, 0.3) is 11.1 Å². The number of carbonyl (C=O) groups is 1. The van der Waals surface area contributed by atoms with Gasteiger partial charge in [-0.15, -0.1) is 0 Å². The van der Waals surface area contributed by atoms with Crippen LogP contribution in [0.15, 0.2) is 85.5 Å². The summed E-state index contributed by atoms with van der Waals surface area (Å²) >= 11 is 0. The van der Waals surface area contributed by atoms with Crippen molar-refractivity contribution in [2.24, 2.45) is 0 Å². The molecule has 0 saturated carbocycles. The number of aromatic nitrogens is 2. The smallest absolute Gasteiger partial charge is 0.238 e. The summed E-state index contributed by atoms with van der Waals surface area (Å²) in [5.74, 6) is 1.52. The number of carbonyl (C=O) groups excluding carboxylic acids is 1. The van der Waals surface area contributed by atoms with Gasteiger partial charge in [-0.25, -0.2) is 9.97 Å². The fourth-order valence-electron chi connectivity index (χ4n) is 4.60. The molecule has 1 aromatic heterocycles. The molecule has 200 valence electrons. The molecule has 4 aromatic rings. The summed E-state index contributed by atoms with van der Waals surface area (Å²) in [7, 11) is 1.62. The van der Waals surface area contributed by atoms with E-state index in [0.29, 0.717) is 39.3 Å². The third-order valence-corrected chi connectivity index (χ3v) is 6.52. The summed E-state index contributed by atoms with van der Waals surface area (Å²) in [6.45, 7) is 2.92. The zero-order chi connectivity index (χ0) is 26.9. The van der Waals surface area contributed by atoms with E-state index < -0.39 is 0 Å². The van der Waals surface area contributed by atoms with Crippen molar-refractivity contribution in [2.75, 3.05) is 45.3 Å². The molecule has 0 saturated heterocycles. The Bertz CT molecular complexity index is 1380.